The molecule has 5 nitrogen and oxygen atoms in total. The van der Waals surface area contributed by atoms with Gasteiger partial charge >= 0.3 is 0 Å². The smallest absolute Gasteiger partial charge is 0.253 e. The van der Waals surface area contributed by atoms with Gasteiger partial charge in [0.15, 0.2) is 0 Å². The lowest BCUT2D eigenvalue weighted by Crippen LogP contribution is -2.52. The average molecular weight is 275 g/mol. The van der Waals surface area contributed by atoms with Gasteiger partial charge in [-0.2, -0.15) is 0 Å². The van der Waals surface area contributed by atoms with Gasteiger partial charge in [-0.1, -0.05) is 25.1 Å². The number of hydrogen-bond acceptors (Lipinski definition) is 3. The van der Waals surface area contributed by atoms with Crippen molar-refractivity contribution in [2.75, 3.05) is 32.7 Å². The zero-order chi connectivity index (χ0) is 14.5. The molecular formula is C15H21N3O2. The molecule has 1 saturated heterocycles. The predicted octanol–water partition coefficient (Wildman–Crippen LogP) is 0.566. The Hall–Kier alpha value is -1.88. The second-order valence-electron chi connectivity index (χ2n) is 5.12. The van der Waals surface area contributed by atoms with Crippen molar-refractivity contribution in [1.82, 2.24) is 9.80 Å². The Balaban J connectivity index is 1.92. The molecule has 2 rings (SSSR count). The van der Waals surface area contributed by atoms with Gasteiger partial charge in [0.1, 0.15) is 0 Å². The van der Waals surface area contributed by atoms with E-state index in [2.05, 4.69) is 0 Å². The van der Waals surface area contributed by atoms with Crippen LogP contribution in [0.15, 0.2) is 30.3 Å². The summed E-state index contributed by atoms with van der Waals surface area (Å²) in [6, 6.07) is 9.24. The molecule has 1 aliphatic heterocycles. The predicted molar refractivity (Wildman–Crippen MR) is 77.1 cm³/mol. The zero-order valence-electron chi connectivity index (χ0n) is 11.8. The number of piperazine rings is 1. The highest BCUT2D eigenvalue weighted by Crippen LogP contribution is 2.10. The molecule has 0 aromatic heterocycles. The minimum Gasteiger partial charge on any atom is -0.339 e. The Morgan fingerprint density at radius 1 is 1.10 bits per heavy atom. The van der Waals surface area contributed by atoms with Crippen LogP contribution in [0.25, 0.3) is 0 Å². The molecule has 0 radical (unpaired) electrons. The third-order valence-electron chi connectivity index (χ3n) is 3.67. The molecule has 5 heteroatoms. The molecule has 1 aromatic rings. The summed E-state index contributed by atoms with van der Waals surface area (Å²) in [6.45, 7) is 4.53. The van der Waals surface area contributed by atoms with Crippen LogP contribution < -0.4 is 5.73 Å². The number of nitrogens with zero attached hydrogens (tertiary/aromatic N) is 2. The van der Waals surface area contributed by atoms with Crippen molar-refractivity contribution in [2.45, 2.75) is 6.92 Å². The van der Waals surface area contributed by atoms with Crippen LogP contribution in [0.4, 0.5) is 0 Å². The molecule has 0 spiro atoms. The number of carbonyl (C=O) groups is 2. The summed E-state index contributed by atoms with van der Waals surface area (Å²) in [5.74, 6) is -0.0322. The van der Waals surface area contributed by atoms with Crippen LogP contribution in [0.2, 0.25) is 0 Å². The Morgan fingerprint density at radius 3 is 2.20 bits per heavy atom. The summed E-state index contributed by atoms with van der Waals surface area (Å²) in [5, 5.41) is 0. The standard InChI is InChI=1S/C15H21N3O2/c1-12(11-16)14(19)17-7-9-18(10-8-17)15(20)13-5-3-2-4-6-13/h2-6,12H,7-11,16H2,1H3. The van der Waals surface area contributed by atoms with Crippen molar-refractivity contribution < 1.29 is 9.59 Å². The second-order valence-corrected chi connectivity index (χ2v) is 5.12. The van der Waals surface area contributed by atoms with E-state index >= 15 is 0 Å². The van der Waals surface area contributed by atoms with E-state index in [1.54, 1.807) is 9.80 Å². The van der Waals surface area contributed by atoms with E-state index in [0.717, 1.165) is 0 Å². The molecule has 20 heavy (non-hydrogen) atoms. The van der Waals surface area contributed by atoms with E-state index in [1.165, 1.54) is 0 Å². The summed E-state index contributed by atoms with van der Waals surface area (Å²) >= 11 is 0. The molecule has 2 N–H and O–H groups in total. The average Bonchev–Trinajstić information content (AvgIpc) is 2.53. The van der Waals surface area contributed by atoms with E-state index in [-0.39, 0.29) is 17.7 Å². The van der Waals surface area contributed by atoms with Gasteiger partial charge in [0, 0.05) is 44.2 Å². The Labute approximate surface area is 119 Å². The van der Waals surface area contributed by atoms with Crippen molar-refractivity contribution in [1.29, 1.82) is 0 Å². The molecule has 1 atom stereocenters. The lowest BCUT2D eigenvalue weighted by atomic mass is 10.1. The zero-order valence-corrected chi connectivity index (χ0v) is 11.8. The normalized spacial score (nSPS) is 16.9. The number of carbonyl (C=O) groups excluding carboxylic acids is 2. The van der Waals surface area contributed by atoms with Gasteiger partial charge in [0.05, 0.1) is 0 Å². The molecule has 1 heterocycles. The minimum atomic E-state index is -0.147. The van der Waals surface area contributed by atoms with E-state index in [1.807, 2.05) is 37.3 Å². The SMILES string of the molecule is CC(CN)C(=O)N1CCN(C(=O)c2ccccc2)CC1. The fourth-order valence-corrected chi connectivity index (χ4v) is 2.31. The molecule has 108 valence electrons. The van der Waals surface area contributed by atoms with Crippen LogP contribution in [0, 0.1) is 5.92 Å². The number of nitrogens with two attached hydrogens (primary N) is 1. The fraction of sp³-hybridized carbons (Fsp3) is 0.467. The summed E-state index contributed by atoms with van der Waals surface area (Å²) in [5.41, 5.74) is 6.22. The first-order valence-electron chi connectivity index (χ1n) is 6.96. The third kappa shape index (κ3) is 3.17. The van der Waals surface area contributed by atoms with Crippen molar-refractivity contribution in [3.05, 3.63) is 35.9 Å². The first kappa shape index (κ1) is 14.5. The maximum absolute atomic E-state index is 12.3. The lowest BCUT2D eigenvalue weighted by Gasteiger charge is -2.35. The highest BCUT2D eigenvalue weighted by molar-refractivity contribution is 5.94. The monoisotopic (exact) mass is 275 g/mol. The number of amides is 2. The van der Waals surface area contributed by atoms with Gasteiger partial charge in [-0.05, 0) is 12.1 Å². The van der Waals surface area contributed by atoms with Crippen molar-refractivity contribution in [3.63, 3.8) is 0 Å². The van der Waals surface area contributed by atoms with Crippen LogP contribution in [0.1, 0.15) is 17.3 Å². The minimum absolute atomic E-state index is 0.0320. The second kappa shape index (κ2) is 6.52. The maximum Gasteiger partial charge on any atom is 0.253 e. The topological polar surface area (TPSA) is 66.6 Å². The van der Waals surface area contributed by atoms with Gasteiger partial charge in [-0.15, -0.1) is 0 Å². The molecule has 1 fully saturated rings. The van der Waals surface area contributed by atoms with Gasteiger partial charge in [0.2, 0.25) is 5.91 Å². The highest BCUT2D eigenvalue weighted by atomic mass is 16.2. The summed E-state index contributed by atoms with van der Waals surface area (Å²) in [7, 11) is 0. The Bertz CT molecular complexity index is 467. The molecular weight excluding hydrogens is 254 g/mol. The molecule has 1 aromatic carbocycles. The van der Waals surface area contributed by atoms with Gasteiger partial charge < -0.3 is 15.5 Å². The summed E-state index contributed by atoms with van der Waals surface area (Å²) in [6.07, 6.45) is 0. The van der Waals surface area contributed by atoms with Crippen LogP contribution in [-0.2, 0) is 4.79 Å². The first-order chi connectivity index (χ1) is 9.63. The van der Waals surface area contributed by atoms with Crippen LogP contribution in [0.5, 0.6) is 0 Å². The molecule has 0 bridgehead atoms. The lowest BCUT2D eigenvalue weighted by molar-refractivity contribution is -0.136. The van der Waals surface area contributed by atoms with Crippen LogP contribution in [0.3, 0.4) is 0 Å². The van der Waals surface area contributed by atoms with E-state index in [9.17, 15) is 9.59 Å². The molecule has 0 aliphatic carbocycles. The molecule has 1 unspecified atom stereocenters. The first-order valence-corrected chi connectivity index (χ1v) is 6.96. The van der Waals surface area contributed by atoms with Gasteiger partial charge in [-0.3, -0.25) is 9.59 Å². The van der Waals surface area contributed by atoms with Crippen molar-refractivity contribution in [3.8, 4) is 0 Å². The molecule has 2 amide bonds. The quantitative estimate of drug-likeness (QED) is 0.877. The Morgan fingerprint density at radius 2 is 1.65 bits per heavy atom. The maximum atomic E-state index is 12.3. The summed E-state index contributed by atoms with van der Waals surface area (Å²) < 4.78 is 0. The number of hydrogen-bond donors (Lipinski definition) is 1. The van der Waals surface area contributed by atoms with E-state index in [4.69, 9.17) is 5.73 Å². The fourth-order valence-electron chi connectivity index (χ4n) is 2.31. The van der Waals surface area contributed by atoms with Gasteiger partial charge in [-0.25, -0.2) is 0 Å². The van der Waals surface area contributed by atoms with E-state index in [0.29, 0.717) is 38.3 Å². The van der Waals surface area contributed by atoms with E-state index < -0.39 is 0 Å². The van der Waals surface area contributed by atoms with Crippen LogP contribution in [-0.4, -0.2) is 54.3 Å². The number of rotatable bonds is 3. The third-order valence-corrected chi connectivity index (χ3v) is 3.67. The summed E-state index contributed by atoms with van der Waals surface area (Å²) in [4.78, 5) is 27.9. The number of benzene rings is 1. The largest absolute Gasteiger partial charge is 0.339 e. The van der Waals surface area contributed by atoms with Crippen molar-refractivity contribution in [2.24, 2.45) is 11.7 Å². The Kier molecular flexibility index (Phi) is 4.74. The van der Waals surface area contributed by atoms with Crippen LogP contribution >= 0.6 is 0 Å². The van der Waals surface area contributed by atoms with Gasteiger partial charge in [0.25, 0.3) is 5.91 Å². The molecule has 1 aliphatic rings. The van der Waals surface area contributed by atoms with Crippen molar-refractivity contribution >= 4 is 11.8 Å². The highest BCUT2D eigenvalue weighted by Gasteiger charge is 2.26. The molecule has 0 saturated carbocycles.